The highest BCUT2D eigenvalue weighted by molar-refractivity contribution is 7.22. The number of carbonyl (C=O) groups excluding carboxylic acids is 2. The Labute approximate surface area is 179 Å². The van der Waals surface area contributed by atoms with Crippen LogP contribution in [0.2, 0.25) is 0 Å². The highest BCUT2D eigenvalue weighted by Gasteiger charge is 2.15. The number of allylic oxidation sites excluding steroid dienone is 1. The molecule has 30 heavy (non-hydrogen) atoms. The Morgan fingerprint density at radius 2 is 1.53 bits per heavy atom. The van der Waals surface area contributed by atoms with Gasteiger partial charge < -0.3 is 0 Å². The number of fused-ring (bicyclic) bond motifs is 1. The molecule has 0 aliphatic heterocycles. The average Bonchev–Trinajstić information content (AvgIpc) is 3.30. The lowest BCUT2D eigenvalue weighted by atomic mass is 10.3. The van der Waals surface area contributed by atoms with Gasteiger partial charge >= 0.3 is 0 Å². The zero-order chi connectivity index (χ0) is 21.1. The molecule has 0 aliphatic carbocycles. The molecule has 0 saturated heterocycles. The van der Waals surface area contributed by atoms with Crippen molar-refractivity contribution >= 4 is 67.6 Å². The topological polar surface area (TPSA) is 96.9 Å². The molecule has 3 aromatic heterocycles. The predicted octanol–water partition coefficient (Wildman–Crippen LogP) is 3.03. The molecule has 0 unspecified atom stereocenters. The molecule has 9 heteroatoms. The number of hydrogen-bond donors (Lipinski definition) is 2. The van der Waals surface area contributed by atoms with Crippen LogP contribution in [0.3, 0.4) is 0 Å². The number of pyridine rings is 1. The average molecular weight is 434 g/mol. The van der Waals surface area contributed by atoms with Crippen LogP contribution in [-0.4, -0.2) is 26.8 Å². The second kappa shape index (κ2) is 8.36. The van der Waals surface area contributed by atoms with E-state index >= 15 is 0 Å². The van der Waals surface area contributed by atoms with Crippen LogP contribution in [0, 0.1) is 0 Å². The quantitative estimate of drug-likeness (QED) is 0.504. The number of thiazole rings is 2. The molecule has 0 saturated carbocycles. The van der Waals surface area contributed by atoms with Crippen LogP contribution in [0.5, 0.6) is 0 Å². The number of aromatic nitrogens is 3. The molecule has 2 amide bonds. The minimum atomic E-state index is -0.469. The maximum absolute atomic E-state index is 12.6. The number of anilines is 2. The van der Waals surface area contributed by atoms with E-state index < -0.39 is 11.8 Å². The summed E-state index contributed by atoms with van der Waals surface area (Å²) < 4.78 is 1.68. The van der Waals surface area contributed by atoms with Gasteiger partial charge in [0.25, 0.3) is 11.8 Å². The molecule has 7 nitrogen and oxygen atoms in total. The highest BCUT2D eigenvalue weighted by Crippen LogP contribution is 2.25. The lowest BCUT2D eigenvalue weighted by Crippen LogP contribution is -2.20. The number of rotatable bonds is 5. The van der Waals surface area contributed by atoms with E-state index in [4.69, 9.17) is 0 Å². The minimum absolute atomic E-state index is 0.0991. The summed E-state index contributed by atoms with van der Waals surface area (Å²) in [4.78, 5) is 37.9. The van der Waals surface area contributed by atoms with Gasteiger partial charge in [0.2, 0.25) is 0 Å². The van der Waals surface area contributed by atoms with Gasteiger partial charge in [-0.1, -0.05) is 60.1 Å². The van der Waals surface area contributed by atoms with Gasteiger partial charge in [0, 0.05) is 4.53 Å². The number of hydrogen-bond acceptors (Lipinski definition) is 7. The largest absolute Gasteiger partial charge is 0.296 e. The van der Waals surface area contributed by atoms with Crippen LogP contribution in [-0.2, 0) is 0 Å². The number of benzene rings is 1. The zero-order valence-corrected chi connectivity index (χ0v) is 17.2. The van der Waals surface area contributed by atoms with E-state index in [-0.39, 0.29) is 11.4 Å². The Morgan fingerprint density at radius 1 is 0.867 bits per heavy atom. The summed E-state index contributed by atoms with van der Waals surface area (Å²) in [5.41, 5.74) is 1.02. The van der Waals surface area contributed by atoms with Crippen LogP contribution >= 0.6 is 22.7 Å². The first kappa shape index (κ1) is 19.6. The molecule has 3 heterocycles. The van der Waals surface area contributed by atoms with Crippen molar-refractivity contribution < 1.29 is 9.59 Å². The minimum Gasteiger partial charge on any atom is -0.296 e. The number of nitrogens with one attached hydrogen (secondary N) is 2. The Bertz CT molecular complexity index is 1360. The van der Waals surface area contributed by atoms with E-state index in [1.54, 1.807) is 18.2 Å². The second-order valence-electron chi connectivity index (χ2n) is 6.03. The van der Waals surface area contributed by atoms with E-state index in [0.717, 1.165) is 10.2 Å². The number of carbonyl (C=O) groups is 2. The van der Waals surface area contributed by atoms with Crippen molar-refractivity contribution in [3.8, 4) is 0 Å². The lowest BCUT2D eigenvalue weighted by Gasteiger charge is -2.04. The summed E-state index contributed by atoms with van der Waals surface area (Å²) in [7, 11) is 0. The van der Waals surface area contributed by atoms with Crippen LogP contribution in [0.25, 0.3) is 22.9 Å². The molecule has 4 aromatic rings. The molecule has 0 bridgehead atoms. The van der Waals surface area contributed by atoms with E-state index in [2.05, 4.69) is 38.7 Å². The number of para-hydroxylation sites is 1. The Hall–Kier alpha value is -3.69. The molecule has 0 fully saturated rings. The van der Waals surface area contributed by atoms with Crippen molar-refractivity contribution in [1.29, 1.82) is 0 Å². The van der Waals surface area contributed by atoms with Gasteiger partial charge in [-0.2, -0.15) is 0 Å². The molecule has 0 atom stereocenters. The van der Waals surface area contributed by atoms with Crippen molar-refractivity contribution in [2.75, 3.05) is 10.6 Å². The first-order valence-electron chi connectivity index (χ1n) is 8.77. The molecule has 0 radical (unpaired) electrons. The second-order valence-corrected chi connectivity index (χ2v) is 8.15. The van der Waals surface area contributed by atoms with Gasteiger partial charge in [0.1, 0.15) is 11.4 Å². The summed E-state index contributed by atoms with van der Waals surface area (Å²) in [6, 6.07) is 12.3. The third kappa shape index (κ3) is 4.17. The maximum atomic E-state index is 12.6. The molecule has 148 valence electrons. The number of amides is 2. The van der Waals surface area contributed by atoms with Gasteiger partial charge in [-0.15, -0.1) is 0 Å². The van der Waals surface area contributed by atoms with Crippen molar-refractivity contribution in [1.82, 2.24) is 15.0 Å². The summed E-state index contributed by atoms with van der Waals surface area (Å²) in [5, 5.41) is 6.91. The maximum Gasteiger partial charge on any atom is 0.276 e. The third-order valence-corrected chi connectivity index (χ3v) is 5.75. The zero-order valence-electron chi connectivity index (χ0n) is 15.6. The fourth-order valence-electron chi connectivity index (χ4n) is 2.59. The Kier molecular flexibility index (Phi) is 5.46. The first-order chi connectivity index (χ1) is 14.5. The van der Waals surface area contributed by atoms with Crippen LogP contribution < -0.4 is 20.5 Å². The molecule has 0 spiro atoms. The Balaban J connectivity index is 1.51. The molecular formula is C21H15N5O2S2. The van der Waals surface area contributed by atoms with Crippen molar-refractivity contribution in [2.24, 2.45) is 0 Å². The lowest BCUT2D eigenvalue weighted by molar-refractivity contribution is 0.101. The summed E-state index contributed by atoms with van der Waals surface area (Å²) in [6.45, 7) is 7.51. The van der Waals surface area contributed by atoms with E-state index in [1.165, 1.54) is 34.8 Å². The SMILES string of the molecule is C=C/C=c1/nc(NC(=O)c2cccc(C(=O)Nc3nc4ccccc4s3)n2)sc1=C. The van der Waals surface area contributed by atoms with Gasteiger partial charge in [0.05, 0.1) is 15.6 Å². The van der Waals surface area contributed by atoms with E-state index in [1.807, 2.05) is 24.3 Å². The van der Waals surface area contributed by atoms with E-state index in [9.17, 15) is 9.59 Å². The predicted molar refractivity (Wildman–Crippen MR) is 121 cm³/mol. The van der Waals surface area contributed by atoms with Crippen LogP contribution in [0.15, 0.2) is 55.1 Å². The van der Waals surface area contributed by atoms with Crippen LogP contribution in [0.4, 0.5) is 10.3 Å². The molecule has 1 aromatic carbocycles. The molecule has 0 aliphatic rings. The normalized spacial score (nSPS) is 11.4. The van der Waals surface area contributed by atoms with Gasteiger partial charge in [-0.3, -0.25) is 20.2 Å². The van der Waals surface area contributed by atoms with Gasteiger partial charge in [-0.05, 0) is 30.3 Å². The summed E-state index contributed by atoms with van der Waals surface area (Å²) in [5.74, 6) is -0.913. The van der Waals surface area contributed by atoms with Gasteiger partial charge in [0.15, 0.2) is 10.3 Å². The van der Waals surface area contributed by atoms with Crippen molar-refractivity contribution in [3.05, 3.63) is 76.4 Å². The molecular weight excluding hydrogens is 418 g/mol. The van der Waals surface area contributed by atoms with Crippen LogP contribution in [0.1, 0.15) is 21.0 Å². The number of nitrogens with zero attached hydrogens (tertiary/aromatic N) is 3. The molecule has 4 rings (SSSR count). The summed E-state index contributed by atoms with van der Waals surface area (Å²) >= 11 is 2.61. The van der Waals surface area contributed by atoms with Gasteiger partial charge in [-0.25, -0.2) is 15.0 Å². The first-order valence-corrected chi connectivity index (χ1v) is 10.4. The standard InChI is InChI=1S/C21H15N5O2S2/c1-3-7-13-12(2)29-20(23-13)25-18(27)15-9-6-10-16(22-15)19(28)26-21-24-14-8-4-5-11-17(14)30-21/h3-11H,1-2H2,(H,23,25,27)(H,24,26,28)/b13-7+. The molecule has 2 N–H and O–H groups in total. The fraction of sp³-hybridized carbons (Fsp3) is 0. The monoisotopic (exact) mass is 433 g/mol. The van der Waals surface area contributed by atoms with Crippen molar-refractivity contribution in [2.45, 2.75) is 0 Å². The van der Waals surface area contributed by atoms with E-state index in [0.29, 0.717) is 20.1 Å². The highest BCUT2D eigenvalue weighted by atomic mass is 32.1. The summed E-state index contributed by atoms with van der Waals surface area (Å²) in [6.07, 6.45) is 3.31. The smallest absolute Gasteiger partial charge is 0.276 e. The van der Waals surface area contributed by atoms with Crippen molar-refractivity contribution in [3.63, 3.8) is 0 Å². The Morgan fingerprint density at radius 3 is 2.20 bits per heavy atom. The fourth-order valence-corrected chi connectivity index (χ4v) is 4.19. The third-order valence-electron chi connectivity index (χ3n) is 3.95.